The molecule has 4 rings (SSSR count). The molecule has 4 nitrogen and oxygen atoms in total. The number of nitrogens with zero attached hydrogens (tertiary/aromatic N) is 2. The maximum absolute atomic E-state index is 13.1. The Bertz CT molecular complexity index is 1300. The zero-order valence-corrected chi connectivity index (χ0v) is 17.4. The van der Waals surface area contributed by atoms with Crippen LogP contribution >= 0.6 is 34.5 Å². The normalized spacial score (nSPS) is 11.8. The molecule has 0 radical (unpaired) electrons. The molecule has 0 saturated heterocycles. The van der Waals surface area contributed by atoms with Gasteiger partial charge < -0.3 is 9.52 Å². The van der Waals surface area contributed by atoms with Crippen molar-refractivity contribution in [3.63, 3.8) is 0 Å². The molecule has 1 N–H and O–H groups in total. The number of benzene rings is 2. The molecule has 4 aromatic rings. The highest BCUT2D eigenvalue weighted by molar-refractivity contribution is 7.11. The predicted molar refractivity (Wildman–Crippen MR) is 117 cm³/mol. The number of hydrogen-bond donors (Lipinski definition) is 1. The molecule has 0 amide bonds. The Morgan fingerprint density at radius 3 is 2.57 bits per heavy atom. The van der Waals surface area contributed by atoms with E-state index in [9.17, 15) is 14.8 Å². The van der Waals surface area contributed by atoms with E-state index in [0.717, 1.165) is 0 Å². The molecule has 0 spiro atoms. The van der Waals surface area contributed by atoms with Gasteiger partial charge >= 0.3 is 0 Å². The average Bonchev–Trinajstić information content (AvgIpc) is 3.39. The summed E-state index contributed by atoms with van der Waals surface area (Å²) < 4.78 is 18.8. The number of halogens is 3. The summed E-state index contributed by atoms with van der Waals surface area (Å²) in [5.41, 5.74) is 1.85. The van der Waals surface area contributed by atoms with Crippen LogP contribution in [0.4, 0.5) is 4.39 Å². The molecular formula is C22H11Cl2FN2O2S. The van der Waals surface area contributed by atoms with Gasteiger partial charge in [-0.1, -0.05) is 23.2 Å². The molecule has 8 heteroatoms. The highest BCUT2D eigenvalue weighted by Crippen LogP contribution is 2.35. The highest BCUT2D eigenvalue weighted by atomic mass is 35.5. The van der Waals surface area contributed by atoms with Gasteiger partial charge in [-0.15, -0.1) is 11.3 Å². The van der Waals surface area contributed by atoms with Crippen LogP contribution in [0.25, 0.3) is 33.9 Å². The van der Waals surface area contributed by atoms with E-state index in [1.54, 1.807) is 47.8 Å². The molecule has 0 aliphatic heterocycles. The van der Waals surface area contributed by atoms with Crippen LogP contribution in [0, 0.1) is 17.1 Å². The minimum atomic E-state index is -0.348. The molecule has 2 heterocycles. The number of allylic oxidation sites excluding steroid dienone is 1. The fraction of sp³-hybridized carbons (Fsp3) is 0. The number of thiazole rings is 1. The largest absolute Gasteiger partial charge is 0.503 e. The number of nitriles is 1. The molecule has 148 valence electrons. The van der Waals surface area contributed by atoms with Crippen molar-refractivity contribution in [2.45, 2.75) is 0 Å². The second-order valence-electron chi connectivity index (χ2n) is 6.17. The Hall–Kier alpha value is -3.11. The lowest BCUT2D eigenvalue weighted by Gasteiger charge is -2.02. The fourth-order valence-corrected chi connectivity index (χ4v) is 4.09. The lowest BCUT2D eigenvalue weighted by Crippen LogP contribution is -1.89. The summed E-state index contributed by atoms with van der Waals surface area (Å²) in [6.45, 7) is 0. The first-order chi connectivity index (χ1) is 14.5. The van der Waals surface area contributed by atoms with E-state index < -0.39 is 0 Å². The zero-order chi connectivity index (χ0) is 21.3. The topological polar surface area (TPSA) is 70.0 Å². The van der Waals surface area contributed by atoms with Crippen LogP contribution < -0.4 is 0 Å². The molecule has 0 atom stereocenters. The Kier molecular flexibility index (Phi) is 5.60. The third kappa shape index (κ3) is 3.96. The summed E-state index contributed by atoms with van der Waals surface area (Å²) >= 11 is 13.3. The van der Waals surface area contributed by atoms with Crippen LogP contribution in [-0.2, 0) is 0 Å². The zero-order valence-electron chi connectivity index (χ0n) is 15.1. The van der Waals surface area contributed by atoms with Crippen LogP contribution in [0.1, 0.15) is 10.8 Å². The number of aliphatic hydroxyl groups excluding tert-OH is 1. The second kappa shape index (κ2) is 8.33. The van der Waals surface area contributed by atoms with Gasteiger partial charge in [0, 0.05) is 21.5 Å². The summed E-state index contributed by atoms with van der Waals surface area (Å²) in [5, 5.41) is 23.2. The van der Waals surface area contributed by atoms with Crippen LogP contribution in [0.2, 0.25) is 10.0 Å². The summed E-state index contributed by atoms with van der Waals surface area (Å²) in [7, 11) is 0. The van der Waals surface area contributed by atoms with Crippen molar-refractivity contribution in [3.05, 3.63) is 86.6 Å². The third-order valence-electron chi connectivity index (χ3n) is 4.24. The monoisotopic (exact) mass is 456 g/mol. The minimum absolute atomic E-state index is 0.0311. The van der Waals surface area contributed by atoms with Gasteiger partial charge in [0.25, 0.3) is 0 Å². The Balaban J connectivity index is 1.69. The first-order valence-electron chi connectivity index (χ1n) is 8.57. The van der Waals surface area contributed by atoms with E-state index in [0.29, 0.717) is 37.6 Å². The summed E-state index contributed by atoms with van der Waals surface area (Å²) in [5.74, 6) is -0.166. The number of rotatable bonds is 4. The van der Waals surface area contributed by atoms with Crippen LogP contribution in [0.5, 0.6) is 0 Å². The van der Waals surface area contributed by atoms with Gasteiger partial charge in [0.1, 0.15) is 28.2 Å². The molecule has 2 aromatic carbocycles. The Labute approximate surface area is 185 Å². The molecule has 0 fully saturated rings. The molecule has 0 unspecified atom stereocenters. The summed E-state index contributed by atoms with van der Waals surface area (Å²) in [4.78, 5) is 4.39. The number of hydrogen-bond acceptors (Lipinski definition) is 5. The molecule has 0 aliphatic carbocycles. The minimum Gasteiger partial charge on any atom is -0.503 e. The fourth-order valence-electron chi connectivity index (χ4n) is 2.77. The van der Waals surface area contributed by atoms with Crippen molar-refractivity contribution >= 4 is 45.9 Å². The second-order valence-corrected chi connectivity index (χ2v) is 7.87. The molecule has 2 aromatic heterocycles. The van der Waals surface area contributed by atoms with E-state index in [1.807, 2.05) is 6.07 Å². The Morgan fingerprint density at radius 1 is 1.10 bits per heavy atom. The van der Waals surface area contributed by atoms with Gasteiger partial charge in [-0.3, -0.25) is 0 Å². The van der Waals surface area contributed by atoms with Crippen molar-refractivity contribution < 1.29 is 13.9 Å². The van der Waals surface area contributed by atoms with Crippen molar-refractivity contribution in [1.82, 2.24) is 4.98 Å². The first-order valence-corrected chi connectivity index (χ1v) is 10.2. The van der Waals surface area contributed by atoms with Crippen molar-refractivity contribution in [2.75, 3.05) is 0 Å². The molecule has 0 aliphatic rings. The highest BCUT2D eigenvalue weighted by Gasteiger charge is 2.19. The molecular weight excluding hydrogens is 446 g/mol. The average molecular weight is 457 g/mol. The predicted octanol–water partition coefficient (Wildman–Crippen LogP) is 7.47. The maximum atomic E-state index is 13.1. The first kappa shape index (κ1) is 20.2. The van der Waals surface area contributed by atoms with Gasteiger partial charge in [-0.05, 0) is 54.6 Å². The summed E-state index contributed by atoms with van der Waals surface area (Å²) in [6, 6.07) is 16.0. The van der Waals surface area contributed by atoms with E-state index in [2.05, 4.69) is 4.98 Å². The van der Waals surface area contributed by atoms with Gasteiger partial charge in [0.2, 0.25) is 0 Å². The van der Waals surface area contributed by atoms with Crippen molar-refractivity contribution in [3.8, 4) is 28.7 Å². The quantitative estimate of drug-likeness (QED) is 0.255. The van der Waals surface area contributed by atoms with Crippen LogP contribution in [-0.4, -0.2) is 10.1 Å². The SMILES string of the molecule is N#CC(=C(O)c1ccc(-c2ccc(Cl)cc2Cl)o1)c1nc(-c2ccc(F)cc2)cs1. The summed E-state index contributed by atoms with van der Waals surface area (Å²) in [6.07, 6.45) is 0. The Morgan fingerprint density at radius 2 is 1.87 bits per heavy atom. The molecule has 30 heavy (non-hydrogen) atoms. The van der Waals surface area contributed by atoms with E-state index in [4.69, 9.17) is 27.6 Å². The lowest BCUT2D eigenvalue weighted by atomic mass is 10.1. The van der Waals surface area contributed by atoms with E-state index in [-0.39, 0.29) is 22.9 Å². The van der Waals surface area contributed by atoms with Crippen molar-refractivity contribution in [1.29, 1.82) is 5.26 Å². The molecule has 0 bridgehead atoms. The van der Waals surface area contributed by atoms with Gasteiger partial charge in [-0.2, -0.15) is 5.26 Å². The standard InChI is InChI=1S/C22H11Cl2FN2O2S/c23-13-3-6-15(17(24)9-13)19-7-8-20(29-19)21(28)16(10-26)22-27-18(11-30-22)12-1-4-14(25)5-2-12/h1-9,11,28H. The van der Waals surface area contributed by atoms with E-state index in [1.165, 1.54) is 23.5 Å². The number of furan rings is 1. The van der Waals surface area contributed by atoms with Gasteiger partial charge in [0.15, 0.2) is 11.5 Å². The van der Waals surface area contributed by atoms with Gasteiger partial charge in [0.05, 0.1) is 10.7 Å². The van der Waals surface area contributed by atoms with Crippen LogP contribution in [0.3, 0.4) is 0 Å². The number of aromatic nitrogens is 1. The van der Waals surface area contributed by atoms with E-state index >= 15 is 0 Å². The van der Waals surface area contributed by atoms with Crippen molar-refractivity contribution in [2.24, 2.45) is 0 Å². The molecule has 0 saturated carbocycles. The number of aliphatic hydroxyl groups is 1. The van der Waals surface area contributed by atoms with Gasteiger partial charge in [-0.25, -0.2) is 9.37 Å². The smallest absolute Gasteiger partial charge is 0.179 e. The third-order valence-corrected chi connectivity index (χ3v) is 5.65. The van der Waals surface area contributed by atoms with Crippen LogP contribution in [0.15, 0.2) is 64.4 Å². The maximum Gasteiger partial charge on any atom is 0.179 e. The lowest BCUT2D eigenvalue weighted by molar-refractivity contribution is 0.466.